The zero-order chi connectivity index (χ0) is 15.5. The summed E-state index contributed by atoms with van der Waals surface area (Å²) < 4.78 is 5.44. The van der Waals surface area contributed by atoms with Crippen molar-refractivity contribution in [3.63, 3.8) is 0 Å². The third kappa shape index (κ3) is 2.96. The quantitative estimate of drug-likeness (QED) is 0.407. The van der Waals surface area contributed by atoms with Crippen LogP contribution in [0.25, 0.3) is 22.5 Å². The van der Waals surface area contributed by atoms with Gasteiger partial charge in [0.25, 0.3) is 0 Å². The largest absolute Gasteiger partial charge is 0.461 e. The zero-order valence-corrected chi connectivity index (χ0v) is 13.0. The summed E-state index contributed by atoms with van der Waals surface area (Å²) in [6.45, 7) is 0. The summed E-state index contributed by atoms with van der Waals surface area (Å²) in [6, 6.07) is 15.8. The number of fused-ring (bicyclic) bond motifs is 1. The standard InChI is InChI=1S/C18H13N3OS/c1-2-7-15-14(6-1)18(23-12-13-5-3-9-19-11-13)21-17(20-15)16-8-4-10-22-16/h1-11H,12H2. The third-order valence-electron chi connectivity index (χ3n) is 3.41. The lowest BCUT2D eigenvalue weighted by molar-refractivity contribution is 0.577. The molecule has 1 aromatic carbocycles. The highest BCUT2D eigenvalue weighted by molar-refractivity contribution is 7.98. The SMILES string of the molecule is c1cncc(CSc2nc(-c3ccco3)nc3ccccc23)c1. The van der Waals surface area contributed by atoms with Gasteiger partial charge in [-0.15, -0.1) is 11.8 Å². The first kappa shape index (κ1) is 14.0. The summed E-state index contributed by atoms with van der Waals surface area (Å²) in [4.78, 5) is 13.5. The van der Waals surface area contributed by atoms with E-state index in [1.807, 2.05) is 48.7 Å². The number of para-hydroxylation sites is 1. The fraction of sp³-hybridized carbons (Fsp3) is 0.0556. The topological polar surface area (TPSA) is 51.8 Å². The summed E-state index contributed by atoms with van der Waals surface area (Å²) in [5.41, 5.74) is 2.09. The van der Waals surface area contributed by atoms with Crippen molar-refractivity contribution in [2.75, 3.05) is 0 Å². The number of rotatable bonds is 4. The highest BCUT2D eigenvalue weighted by Crippen LogP contribution is 2.30. The van der Waals surface area contributed by atoms with Crippen molar-refractivity contribution < 1.29 is 4.42 Å². The number of furan rings is 1. The van der Waals surface area contributed by atoms with Crippen LogP contribution in [0.3, 0.4) is 0 Å². The molecule has 23 heavy (non-hydrogen) atoms. The smallest absolute Gasteiger partial charge is 0.197 e. The lowest BCUT2D eigenvalue weighted by atomic mass is 10.2. The average Bonchev–Trinajstić information content (AvgIpc) is 3.15. The van der Waals surface area contributed by atoms with E-state index in [0.717, 1.165) is 21.7 Å². The van der Waals surface area contributed by atoms with E-state index in [-0.39, 0.29) is 0 Å². The maximum absolute atomic E-state index is 5.44. The van der Waals surface area contributed by atoms with E-state index in [0.29, 0.717) is 11.6 Å². The second kappa shape index (κ2) is 6.22. The summed E-state index contributed by atoms with van der Waals surface area (Å²) in [6.07, 6.45) is 5.30. The van der Waals surface area contributed by atoms with Crippen LogP contribution in [-0.2, 0) is 5.75 Å². The van der Waals surface area contributed by atoms with Crippen LogP contribution in [0.1, 0.15) is 5.56 Å². The molecule has 0 spiro atoms. The minimum absolute atomic E-state index is 0.613. The normalized spacial score (nSPS) is 11.0. The molecule has 0 aliphatic carbocycles. The van der Waals surface area contributed by atoms with Crippen LogP contribution in [0, 0.1) is 0 Å². The van der Waals surface area contributed by atoms with Gasteiger partial charge in [-0.05, 0) is 29.8 Å². The van der Waals surface area contributed by atoms with E-state index in [1.54, 1.807) is 24.2 Å². The Bertz CT molecular complexity index is 924. The Labute approximate surface area is 137 Å². The van der Waals surface area contributed by atoms with Gasteiger partial charge < -0.3 is 4.42 Å². The van der Waals surface area contributed by atoms with Crippen molar-refractivity contribution in [2.24, 2.45) is 0 Å². The van der Waals surface area contributed by atoms with Crippen LogP contribution in [0.4, 0.5) is 0 Å². The fourth-order valence-electron chi connectivity index (χ4n) is 2.31. The van der Waals surface area contributed by atoms with E-state index >= 15 is 0 Å². The van der Waals surface area contributed by atoms with Crippen molar-refractivity contribution >= 4 is 22.7 Å². The van der Waals surface area contributed by atoms with E-state index < -0.39 is 0 Å². The second-order valence-electron chi connectivity index (χ2n) is 5.00. The molecule has 0 fully saturated rings. The highest BCUT2D eigenvalue weighted by Gasteiger charge is 2.11. The number of benzene rings is 1. The molecule has 0 amide bonds. The van der Waals surface area contributed by atoms with Gasteiger partial charge in [-0.3, -0.25) is 4.98 Å². The molecule has 0 atom stereocenters. The molecule has 5 heteroatoms. The van der Waals surface area contributed by atoms with Crippen LogP contribution < -0.4 is 0 Å². The van der Waals surface area contributed by atoms with Crippen molar-refractivity contribution in [2.45, 2.75) is 10.8 Å². The van der Waals surface area contributed by atoms with Crippen molar-refractivity contribution in [3.8, 4) is 11.6 Å². The maximum Gasteiger partial charge on any atom is 0.197 e. The number of pyridine rings is 1. The minimum Gasteiger partial charge on any atom is -0.461 e. The Morgan fingerprint density at radius 3 is 2.74 bits per heavy atom. The highest BCUT2D eigenvalue weighted by atomic mass is 32.2. The zero-order valence-electron chi connectivity index (χ0n) is 12.2. The molecule has 0 saturated carbocycles. The molecule has 0 N–H and O–H groups in total. The Morgan fingerprint density at radius 2 is 1.91 bits per heavy atom. The number of thioether (sulfide) groups is 1. The molecule has 0 radical (unpaired) electrons. The lowest BCUT2D eigenvalue weighted by Crippen LogP contribution is -1.93. The second-order valence-corrected chi connectivity index (χ2v) is 5.96. The molecule has 3 heterocycles. The molecule has 4 nitrogen and oxygen atoms in total. The predicted octanol–water partition coefficient (Wildman–Crippen LogP) is 4.58. The number of hydrogen-bond acceptors (Lipinski definition) is 5. The summed E-state index contributed by atoms with van der Waals surface area (Å²) >= 11 is 1.68. The Hall–Kier alpha value is -2.66. The average molecular weight is 319 g/mol. The van der Waals surface area contributed by atoms with Crippen LogP contribution >= 0.6 is 11.8 Å². The molecule has 4 rings (SSSR count). The summed E-state index contributed by atoms with van der Waals surface area (Å²) in [5.74, 6) is 2.10. The lowest BCUT2D eigenvalue weighted by Gasteiger charge is -2.07. The summed E-state index contributed by atoms with van der Waals surface area (Å²) in [5, 5.41) is 2.00. The van der Waals surface area contributed by atoms with Crippen LogP contribution in [0.15, 0.2) is 76.6 Å². The van der Waals surface area contributed by atoms with Crippen molar-refractivity contribution in [3.05, 3.63) is 72.8 Å². The van der Waals surface area contributed by atoms with Gasteiger partial charge in [-0.1, -0.05) is 24.3 Å². The molecule has 0 aliphatic rings. The van der Waals surface area contributed by atoms with E-state index in [1.165, 1.54) is 5.56 Å². The first-order valence-electron chi connectivity index (χ1n) is 7.22. The molecule has 4 aromatic rings. The predicted molar refractivity (Wildman–Crippen MR) is 91.0 cm³/mol. The van der Waals surface area contributed by atoms with Gasteiger partial charge >= 0.3 is 0 Å². The van der Waals surface area contributed by atoms with Crippen LogP contribution in [-0.4, -0.2) is 15.0 Å². The van der Waals surface area contributed by atoms with Gasteiger partial charge in [0.05, 0.1) is 11.8 Å². The van der Waals surface area contributed by atoms with Gasteiger partial charge in [-0.2, -0.15) is 0 Å². The molecule has 0 bridgehead atoms. The first-order valence-corrected chi connectivity index (χ1v) is 8.21. The van der Waals surface area contributed by atoms with Gasteiger partial charge in [0.15, 0.2) is 11.6 Å². The first-order chi connectivity index (χ1) is 11.4. The Kier molecular flexibility index (Phi) is 3.78. The maximum atomic E-state index is 5.44. The molecule has 3 aromatic heterocycles. The third-order valence-corrected chi connectivity index (χ3v) is 4.47. The Morgan fingerprint density at radius 1 is 0.957 bits per heavy atom. The van der Waals surface area contributed by atoms with Gasteiger partial charge in [-0.25, -0.2) is 9.97 Å². The molecule has 0 unspecified atom stereocenters. The van der Waals surface area contributed by atoms with Crippen molar-refractivity contribution in [1.82, 2.24) is 15.0 Å². The number of hydrogen-bond donors (Lipinski definition) is 0. The van der Waals surface area contributed by atoms with Gasteiger partial charge in [0, 0.05) is 23.5 Å². The van der Waals surface area contributed by atoms with Gasteiger partial charge in [0.1, 0.15) is 5.03 Å². The van der Waals surface area contributed by atoms with E-state index in [4.69, 9.17) is 9.40 Å². The van der Waals surface area contributed by atoms with E-state index in [9.17, 15) is 0 Å². The van der Waals surface area contributed by atoms with Crippen molar-refractivity contribution in [1.29, 1.82) is 0 Å². The molecule has 0 aliphatic heterocycles. The molecule has 112 valence electrons. The van der Waals surface area contributed by atoms with Gasteiger partial charge in [0.2, 0.25) is 0 Å². The molecular weight excluding hydrogens is 306 g/mol. The monoisotopic (exact) mass is 319 g/mol. The number of nitrogens with zero attached hydrogens (tertiary/aromatic N) is 3. The molecular formula is C18H13N3OS. The van der Waals surface area contributed by atoms with E-state index in [2.05, 4.69) is 16.0 Å². The molecule has 0 saturated heterocycles. The van der Waals surface area contributed by atoms with Crippen LogP contribution in [0.5, 0.6) is 0 Å². The fourth-order valence-corrected chi connectivity index (χ4v) is 3.26. The van der Waals surface area contributed by atoms with Crippen LogP contribution in [0.2, 0.25) is 0 Å². The minimum atomic E-state index is 0.613. The Balaban J connectivity index is 1.74. The number of aromatic nitrogens is 3. The summed E-state index contributed by atoms with van der Waals surface area (Å²) in [7, 11) is 0.